The molecule has 0 atom stereocenters. The lowest BCUT2D eigenvalue weighted by atomic mass is 10.2. The Labute approximate surface area is 54.1 Å². The Morgan fingerprint density at radius 1 is 1.22 bits per heavy atom. The van der Waals surface area contributed by atoms with Gasteiger partial charge in [-0.1, -0.05) is 0 Å². The normalized spacial score (nSPS) is 21.2. The Morgan fingerprint density at radius 3 is 2.89 bits per heavy atom. The number of hydrogen-bond acceptors (Lipinski definition) is 1. The zero-order chi connectivity index (χ0) is 6.27. The van der Waals surface area contributed by atoms with E-state index < -0.39 is 0 Å². The molecule has 1 aliphatic heterocycles. The maximum Gasteiger partial charge on any atom is 0.0347 e. The molecule has 0 aromatic rings. The molecule has 2 aliphatic rings. The van der Waals surface area contributed by atoms with Gasteiger partial charge in [-0.25, -0.2) is 0 Å². The molecule has 44 valence electrons. The number of fused-ring (bicyclic) bond motifs is 1. The van der Waals surface area contributed by atoms with E-state index in [1.54, 1.807) is 0 Å². The highest BCUT2D eigenvalue weighted by molar-refractivity contribution is 5.92. The highest BCUT2D eigenvalue weighted by atomic mass is 14.7. The van der Waals surface area contributed by atoms with Crippen molar-refractivity contribution >= 4 is 6.21 Å². The van der Waals surface area contributed by atoms with Crippen LogP contribution < -0.4 is 0 Å². The molecule has 1 aliphatic carbocycles. The Kier molecular flexibility index (Phi) is 0.758. The fourth-order valence-electron chi connectivity index (χ4n) is 1.12. The van der Waals surface area contributed by atoms with Gasteiger partial charge in [0.1, 0.15) is 0 Å². The van der Waals surface area contributed by atoms with E-state index in [0.717, 1.165) is 0 Å². The second-order valence-electron chi connectivity index (χ2n) is 2.35. The number of allylic oxidation sites excluding steroid dienone is 5. The van der Waals surface area contributed by atoms with Crippen LogP contribution in [0.4, 0.5) is 0 Å². The van der Waals surface area contributed by atoms with Crippen molar-refractivity contribution in [3.63, 3.8) is 0 Å². The fraction of sp³-hybridized carbons (Fsp3) is 0.125. The average molecular weight is 117 g/mol. The van der Waals surface area contributed by atoms with Crippen LogP contribution in [0.1, 0.15) is 6.92 Å². The first kappa shape index (κ1) is 4.74. The minimum atomic E-state index is 1.26. The van der Waals surface area contributed by atoms with Crippen LogP contribution in [-0.4, -0.2) is 6.21 Å². The number of nitrogens with zero attached hydrogens (tertiary/aromatic N) is 1. The standard InChI is InChI=1S/C8H7N/c1-6-2-7-4-9-5-8(7)3-6/h2-5H,1H3. The molecular formula is C8H7N. The molecular weight excluding hydrogens is 110 g/mol. The molecule has 1 heterocycles. The van der Waals surface area contributed by atoms with Crippen molar-refractivity contribution in [1.82, 2.24) is 0 Å². The van der Waals surface area contributed by atoms with E-state index in [2.05, 4.69) is 24.1 Å². The molecule has 0 aromatic heterocycles. The number of rotatable bonds is 0. The summed E-state index contributed by atoms with van der Waals surface area (Å²) in [6.45, 7) is 2.10. The van der Waals surface area contributed by atoms with Gasteiger partial charge in [0.25, 0.3) is 0 Å². The maximum atomic E-state index is 4.00. The summed E-state index contributed by atoms with van der Waals surface area (Å²) in [6, 6.07) is 0. The van der Waals surface area contributed by atoms with Gasteiger partial charge in [-0.05, 0) is 24.6 Å². The van der Waals surface area contributed by atoms with Gasteiger partial charge in [0.15, 0.2) is 0 Å². The van der Waals surface area contributed by atoms with Crippen molar-refractivity contribution in [2.24, 2.45) is 4.99 Å². The smallest absolute Gasteiger partial charge is 0.0347 e. The quantitative estimate of drug-likeness (QED) is 0.459. The molecule has 2 rings (SSSR count). The summed E-state index contributed by atoms with van der Waals surface area (Å²) in [5.74, 6) is 0. The summed E-state index contributed by atoms with van der Waals surface area (Å²) in [4.78, 5) is 4.00. The molecule has 1 heteroatoms. The van der Waals surface area contributed by atoms with Crippen LogP contribution in [0, 0.1) is 0 Å². The zero-order valence-corrected chi connectivity index (χ0v) is 5.26. The van der Waals surface area contributed by atoms with E-state index in [-0.39, 0.29) is 0 Å². The first-order chi connectivity index (χ1) is 4.36. The molecule has 0 unspecified atom stereocenters. The molecule has 0 radical (unpaired) electrons. The van der Waals surface area contributed by atoms with Crippen molar-refractivity contribution in [2.75, 3.05) is 0 Å². The number of hydrogen-bond donors (Lipinski definition) is 0. The van der Waals surface area contributed by atoms with Gasteiger partial charge in [0.2, 0.25) is 0 Å². The van der Waals surface area contributed by atoms with E-state index in [9.17, 15) is 0 Å². The molecule has 0 aromatic carbocycles. The van der Waals surface area contributed by atoms with Crippen LogP contribution in [0.5, 0.6) is 0 Å². The maximum absolute atomic E-state index is 4.00. The van der Waals surface area contributed by atoms with E-state index in [4.69, 9.17) is 0 Å². The summed E-state index contributed by atoms with van der Waals surface area (Å²) < 4.78 is 0. The van der Waals surface area contributed by atoms with Gasteiger partial charge in [0, 0.05) is 23.6 Å². The molecule has 0 saturated heterocycles. The Hall–Kier alpha value is -1.11. The zero-order valence-electron chi connectivity index (χ0n) is 5.26. The third kappa shape index (κ3) is 0.578. The third-order valence-corrected chi connectivity index (χ3v) is 1.53. The van der Waals surface area contributed by atoms with E-state index in [0.29, 0.717) is 0 Å². The van der Waals surface area contributed by atoms with Crippen LogP contribution in [-0.2, 0) is 0 Å². The molecule has 1 nitrogen and oxygen atoms in total. The van der Waals surface area contributed by atoms with Crippen molar-refractivity contribution in [2.45, 2.75) is 6.92 Å². The Morgan fingerprint density at radius 2 is 2.11 bits per heavy atom. The largest absolute Gasteiger partial charge is 0.263 e. The minimum Gasteiger partial charge on any atom is -0.263 e. The van der Waals surface area contributed by atoms with Gasteiger partial charge in [-0.15, -0.1) is 0 Å². The molecule has 9 heavy (non-hydrogen) atoms. The molecule has 0 spiro atoms. The topological polar surface area (TPSA) is 12.4 Å². The number of aliphatic imine (C=N–C) groups is 1. The van der Waals surface area contributed by atoms with E-state index in [1.807, 2.05) is 12.4 Å². The first-order valence-electron chi connectivity index (χ1n) is 3.00. The molecule has 0 N–H and O–H groups in total. The summed E-state index contributed by atoms with van der Waals surface area (Å²) in [6.07, 6.45) is 8.06. The van der Waals surface area contributed by atoms with Crippen molar-refractivity contribution in [3.8, 4) is 0 Å². The minimum absolute atomic E-state index is 1.26. The lowest BCUT2D eigenvalue weighted by Crippen LogP contribution is -1.73. The van der Waals surface area contributed by atoms with Crippen LogP contribution >= 0.6 is 0 Å². The molecule has 0 amide bonds. The lowest BCUT2D eigenvalue weighted by molar-refractivity contribution is 1.54. The fourth-order valence-corrected chi connectivity index (χ4v) is 1.12. The SMILES string of the molecule is CC1=CC2=CN=CC2=C1. The second-order valence-corrected chi connectivity index (χ2v) is 2.35. The van der Waals surface area contributed by atoms with Gasteiger partial charge in [-0.2, -0.15) is 0 Å². The Bertz CT molecular complexity index is 264. The van der Waals surface area contributed by atoms with Gasteiger partial charge < -0.3 is 0 Å². The van der Waals surface area contributed by atoms with Crippen molar-refractivity contribution in [3.05, 3.63) is 35.1 Å². The monoisotopic (exact) mass is 117 g/mol. The van der Waals surface area contributed by atoms with E-state index in [1.165, 1.54) is 16.7 Å². The molecule has 0 fully saturated rings. The highest BCUT2D eigenvalue weighted by Crippen LogP contribution is 2.24. The van der Waals surface area contributed by atoms with Crippen molar-refractivity contribution in [1.29, 1.82) is 0 Å². The first-order valence-corrected chi connectivity index (χ1v) is 3.00. The predicted molar refractivity (Wildman–Crippen MR) is 38.4 cm³/mol. The van der Waals surface area contributed by atoms with Gasteiger partial charge >= 0.3 is 0 Å². The summed E-state index contributed by atoms with van der Waals surface area (Å²) in [5.41, 5.74) is 3.84. The third-order valence-electron chi connectivity index (χ3n) is 1.53. The van der Waals surface area contributed by atoms with Crippen molar-refractivity contribution < 1.29 is 0 Å². The Balaban J connectivity index is 2.53. The van der Waals surface area contributed by atoms with Crippen LogP contribution in [0.2, 0.25) is 0 Å². The average Bonchev–Trinajstić information content (AvgIpc) is 2.22. The highest BCUT2D eigenvalue weighted by Gasteiger charge is 2.09. The summed E-state index contributed by atoms with van der Waals surface area (Å²) >= 11 is 0. The summed E-state index contributed by atoms with van der Waals surface area (Å²) in [7, 11) is 0. The molecule has 0 bridgehead atoms. The molecule has 0 saturated carbocycles. The predicted octanol–water partition coefficient (Wildman–Crippen LogP) is 1.84. The van der Waals surface area contributed by atoms with Crippen LogP contribution in [0.3, 0.4) is 0 Å². The summed E-state index contributed by atoms with van der Waals surface area (Å²) in [5, 5.41) is 0. The second kappa shape index (κ2) is 1.44. The van der Waals surface area contributed by atoms with Crippen LogP contribution in [0.25, 0.3) is 0 Å². The van der Waals surface area contributed by atoms with Crippen LogP contribution in [0.15, 0.2) is 40.1 Å². The van der Waals surface area contributed by atoms with Gasteiger partial charge in [0.05, 0.1) is 0 Å². The lowest BCUT2D eigenvalue weighted by Gasteiger charge is -1.82. The van der Waals surface area contributed by atoms with Gasteiger partial charge in [-0.3, -0.25) is 4.99 Å². The van der Waals surface area contributed by atoms with E-state index >= 15 is 0 Å².